The van der Waals surface area contributed by atoms with Gasteiger partial charge in [0.25, 0.3) is 5.91 Å². The highest BCUT2D eigenvalue weighted by Gasteiger charge is 2.40. The van der Waals surface area contributed by atoms with Crippen molar-refractivity contribution in [1.29, 1.82) is 0 Å². The molecule has 1 saturated carbocycles. The number of aromatic nitrogens is 2. The van der Waals surface area contributed by atoms with Gasteiger partial charge in [-0.2, -0.15) is 4.98 Å². The smallest absolute Gasteiger partial charge is 0.251 e. The van der Waals surface area contributed by atoms with Crippen LogP contribution in [0.2, 0.25) is 0 Å². The van der Waals surface area contributed by atoms with Crippen molar-refractivity contribution >= 4 is 35.0 Å². The van der Waals surface area contributed by atoms with Crippen LogP contribution in [0.1, 0.15) is 88.6 Å². The molecule has 11 heteroatoms. The van der Waals surface area contributed by atoms with Gasteiger partial charge in [-0.05, 0) is 78.3 Å². The first-order valence-electron chi connectivity index (χ1n) is 17.4. The number of nitrogens with one attached hydrogen (secondary N) is 2. The van der Waals surface area contributed by atoms with E-state index in [-0.39, 0.29) is 23.9 Å². The average molecular weight is 637 g/mol. The summed E-state index contributed by atoms with van der Waals surface area (Å²) < 4.78 is 6.08. The van der Waals surface area contributed by atoms with Crippen LogP contribution in [0.3, 0.4) is 0 Å². The van der Waals surface area contributed by atoms with Crippen LogP contribution in [-0.4, -0.2) is 104 Å². The van der Waals surface area contributed by atoms with Crippen molar-refractivity contribution in [2.24, 2.45) is 0 Å². The summed E-state index contributed by atoms with van der Waals surface area (Å²) in [4.78, 5) is 44.9. The second-order valence-corrected chi connectivity index (χ2v) is 12.5. The molecule has 0 radical (unpaired) electrons. The molecular weight excluding hydrogens is 580 g/mol. The van der Waals surface area contributed by atoms with Crippen LogP contribution in [0.4, 0.5) is 23.1 Å². The van der Waals surface area contributed by atoms with E-state index in [1.807, 2.05) is 33.0 Å². The van der Waals surface area contributed by atoms with Gasteiger partial charge >= 0.3 is 0 Å². The number of anilines is 4. The van der Waals surface area contributed by atoms with Crippen molar-refractivity contribution in [2.45, 2.75) is 91.6 Å². The molecule has 0 spiro atoms. The standard InChI is InChI=1S/C35H56N8O3/c1-8-29-34(45)41(7)30-24-37-35(39-32(30)43(29)26-16-13-12-14-17-26)38-28-19-18-27(25(5)31(28)46-11-4)33(44)36-20-15-21-42(10-3)23-22-40(6)9-2/h18-19,24,26,29H,8-17,20-23H2,1-7H3,(H,36,44)(H,37,38,39). The topological polar surface area (TPSA) is 106 Å². The molecule has 254 valence electrons. The Morgan fingerprint density at radius 1 is 1.07 bits per heavy atom. The molecule has 4 rings (SSSR count). The van der Waals surface area contributed by atoms with Crippen molar-refractivity contribution in [2.75, 3.05) is 75.1 Å². The van der Waals surface area contributed by atoms with Gasteiger partial charge in [-0.15, -0.1) is 0 Å². The van der Waals surface area contributed by atoms with Gasteiger partial charge in [0.2, 0.25) is 11.9 Å². The van der Waals surface area contributed by atoms with Crippen molar-refractivity contribution < 1.29 is 14.3 Å². The lowest BCUT2D eigenvalue weighted by Gasteiger charge is -2.45. The highest BCUT2D eigenvalue weighted by atomic mass is 16.5. The number of ether oxygens (including phenoxy) is 1. The number of hydrogen-bond donors (Lipinski definition) is 2. The Balaban J connectivity index is 1.49. The molecule has 1 aliphatic heterocycles. The Morgan fingerprint density at radius 3 is 2.50 bits per heavy atom. The van der Waals surface area contributed by atoms with Crippen LogP contribution in [0.25, 0.3) is 0 Å². The third-order valence-corrected chi connectivity index (χ3v) is 9.57. The number of carbonyl (C=O) groups excluding carboxylic acids is 2. The van der Waals surface area contributed by atoms with Crippen LogP contribution >= 0.6 is 0 Å². The zero-order valence-corrected chi connectivity index (χ0v) is 29.2. The van der Waals surface area contributed by atoms with E-state index in [2.05, 4.69) is 58.1 Å². The number of likely N-dealkylation sites (N-methyl/N-ethyl adjacent to an activating group) is 3. The number of hydrogen-bond acceptors (Lipinski definition) is 9. The SMILES string of the molecule is CCOc1c(Nc2ncc3c(n2)N(C2CCCCC2)C(CC)C(=O)N3C)ccc(C(=O)NCCCN(CC)CCN(C)CC)c1C. The fraction of sp³-hybridized carbons (Fsp3) is 0.657. The quantitative estimate of drug-likeness (QED) is 0.240. The van der Waals surface area contributed by atoms with E-state index in [1.54, 1.807) is 11.1 Å². The number of nitrogens with zero attached hydrogens (tertiary/aromatic N) is 6. The van der Waals surface area contributed by atoms with Gasteiger partial charge in [0.05, 0.1) is 18.5 Å². The molecule has 1 unspecified atom stereocenters. The maximum absolute atomic E-state index is 13.3. The lowest BCUT2D eigenvalue weighted by atomic mass is 9.91. The largest absolute Gasteiger partial charge is 0.491 e. The van der Waals surface area contributed by atoms with E-state index in [0.717, 1.165) is 88.3 Å². The molecule has 1 aromatic carbocycles. The van der Waals surface area contributed by atoms with Crippen LogP contribution in [-0.2, 0) is 4.79 Å². The van der Waals surface area contributed by atoms with Crippen molar-refractivity contribution in [3.8, 4) is 5.75 Å². The van der Waals surface area contributed by atoms with Gasteiger partial charge in [0.15, 0.2) is 5.82 Å². The number of rotatable bonds is 16. The average Bonchev–Trinajstić information content (AvgIpc) is 3.07. The predicted molar refractivity (Wildman–Crippen MR) is 187 cm³/mol. The Bertz CT molecular complexity index is 1310. The predicted octanol–water partition coefficient (Wildman–Crippen LogP) is 5.21. The highest BCUT2D eigenvalue weighted by molar-refractivity contribution is 6.04. The molecule has 1 atom stereocenters. The fourth-order valence-electron chi connectivity index (χ4n) is 6.61. The Kier molecular flexibility index (Phi) is 13.0. The molecule has 11 nitrogen and oxygen atoms in total. The van der Waals surface area contributed by atoms with E-state index >= 15 is 0 Å². The first-order valence-corrected chi connectivity index (χ1v) is 17.4. The van der Waals surface area contributed by atoms with E-state index < -0.39 is 0 Å². The number of fused-ring (bicyclic) bond motifs is 1. The van der Waals surface area contributed by atoms with E-state index in [1.165, 1.54) is 6.42 Å². The molecule has 1 aliphatic carbocycles. The third kappa shape index (κ3) is 8.28. The summed E-state index contributed by atoms with van der Waals surface area (Å²) in [6, 6.07) is 3.74. The lowest BCUT2D eigenvalue weighted by molar-refractivity contribution is -0.120. The van der Waals surface area contributed by atoms with Crippen molar-refractivity contribution in [3.63, 3.8) is 0 Å². The Labute approximate surface area is 276 Å². The second kappa shape index (κ2) is 16.9. The maximum Gasteiger partial charge on any atom is 0.251 e. The van der Waals surface area contributed by atoms with Crippen LogP contribution in [0.5, 0.6) is 5.75 Å². The summed E-state index contributed by atoms with van der Waals surface area (Å²) in [5.74, 6) is 1.82. The molecule has 2 heterocycles. The van der Waals surface area contributed by atoms with E-state index in [4.69, 9.17) is 9.72 Å². The van der Waals surface area contributed by atoms with Gasteiger partial charge in [-0.25, -0.2) is 4.98 Å². The number of benzene rings is 1. The summed E-state index contributed by atoms with van der Waals surface area (Å²) in [6.45, 7) is 16.4. The summed E-state index contributed by atoms with van der Waals surface area (Å²) in [6.07, 6.45) is 9.03. The number of amides is 2. The van der Waals surface area contributed by atoms with Crippen LogP contribution in [0.15, 0.2) is 18.3 Å². The highest BCUT2D eigenvalue weighted by Crippen LogP contribution is 2.40. The number of carbonyl (C=O) groups is 2. The van der Waals surface area contributed by atoms with Crippen molar-refractivity contribution in [3.05, 3.63) is 29.5 Å². The molecule has 0 bridgehead atoms. The van der Waals surface area contributed by atoms with Gasteiger partial charge in [-0.1, -0.05) is 40.0 Å². The molecule has 0 saturated heterocycles. The van der Waals surface area contributed by atoms with E-state index in [9.17, 15) is 9.59 Å². The second-order valence-electron chi connectivity index (χ2n) is 12.5. The maximum atomic E-state index is 13.3. The molecule has 2 amide bonds. The minimum Gasteiger partial charge on any atom is -0.491 e. The molecular formula is C35H56N8O3. The zero-order valence-electron chi connectivity index (χ0n) is 29.2. The Morgan fingerprint density at radius 2 is 1.83 bits per heavy atom. The van der Waals surface area contributed by atoms with Crippen LogP contribution < -0.4 is 25.2 Å². The molecule has 2 aromatic rings. The Hall–Kier alpha value is -3.44. The van der Waals surface area contributed by atoms with Gasteiger partial charge in [0.1, 0.15) is 17.5 Å². The van der Waals surface area contributed by atoms with Gasteiger partial charge < -0.3 is 35.0 Å². The monoisotopic (exact) mass is 636 g/mol. The normalized spacial score (nSPS) is 17.1. The first-order chi connectivity index (χ1) is 22.2. The summed E-state index contributed by atoms with van der Waals surface area (Å²) in [5.41, 5.74) is 2.78. The molecule has 2 aliphatic rings. The molecule has 2 N–H and O–H groups in total. The van der Waals surface area contributed by atoms with Gasteiger partial charge in [0, 0.05) is 43.9 Å². The molecule has 1 fully saturated rings. The van der Waals surface area contributed by atoms with Gasteiger partial charge in [-0.3, -0.25) is 9.59 Å². The lowest BCUT2D eigenvalue weighted by Crippen LogP contribution is -2.56. The molecule has 1 aromatic heterocycles. The summed E-state index contributed by atoms with van der Waals surface area (Å²) >= 11 is 0. The first kappa shape index (κ1) is 35.4. The zero-order chi connectivity index (χ0) is 33.2. The fourth-order valence-corrected chi connectivity index (χ4v) is 6.61. The summed E-state index contributed by atoms with van der Waals surface area (Å²) in [5, 5.41) is 6.48. The third-order valence-electron chi connectivity index (χ3n) is 9.57. The van der Waals surface area contributed by atoms with E-state index in [0.29, 0.717) is 36.1 Å². The minimum absolute atomic E-state index is 0.0931. The minimum atomic E-state index is -0.241. The molecule has 46 heavy (non-hydrogen) atoms. The van der Waals surface area contributed by atoms with Crippen LogP contribution in [0, 0.1) is 6.92 Å². The van der Waals surface area contributed by atoms with Crippen molar-refractivity contribution in [1.82, 2.24) is 25.1 Å². The summed E-state index contributed by atoms with van der Waals surface area (Å²) in [7, 11) is 3.95.